The number of aliphatic hydroxyl groups is 4. The molecule has 4 nitrogen and oxygen atoms in total. The summed E-state index contributed by atoms with van der Waals surface area (Å²) < 4.78 is 0. The van der Waals surface area contributed by atoms with Crippen LogP contribution in [0, 0.1) is 23.2 Å². The Hall–Kier alpha value is -0.160. The molecule has 6 atom stereocenters. The van der Waals surface area contributed by atoms with Gasteiger partial charge in [0.15, 0.2) is 0 Å². The molecule has 0 bridgehead atoms. The maximum absolute atomic E-state index is 10.5. The van der Waals surface area contributed by atoms with Gasteiger partial charge >= 0.3 is 0 Å². The summed E-state index contributed by atoms with van der Waals surface area (Å²) >= 11 is 0. The first kappa shape index (κ1) is 23.1. The van der Waals surface area contributed by atoms with E-state index in [1.807, 2.05) is 13.8 Å². The lowest BCUT2D eigenvalue weighted by atomic mass is 9.60. The van der Waals surface area contributed by atoms with Gasteiger partial charge in [-0.05, 0) is 95.8 Å². The quantitative estimate of drug-likeness (QED) is 0.484. The molecule has 0 aromatic carbocycles. The Bertz CT molecular complexity index is 464. The highest BCUT2D eigenvalue weighted by atomic mass is 16.3. The van der Waals surface area contributed by atoms with Gasteiger partial charge < -0.3 is 20.4 Å². The molecular formula is C23H44O4. The summed E-state index contributed by atoms with van der Waals surface area (Å²) in [6, 6.07) is 0. The molecule has 2 saturated carbocycles. The van der Waals surface area contributed by atoms with E-state index in [2.05, 4.69) is 6.92 Å². The molecule has 0 aliphatic heterocycles. The van der Waals surface area contributed by atoms with Crippen LogP contribution in [0.15, 0.2) is 0 Å². The summed E-state index contributed by atoms with van der Waals surface area (Å²) in [5, 5.41) is 41.1. The first-order valence-electron chi connectivity index (χ1n) is 11.2. The van der Waals surface area contributed by atoms with Crippen LogP contribution >= 0.6 is 0 Å². The molecule has 0 saturated heterocycles. The van der Waals surface area contributed by atoms with Crippen LogP contribution in [0.25, 0.3) is 0 Å². The van der Waals surface area contributed by atoms with E-state index in [0.717, 1.165) is 51.4 Å². The summed E-state index contributed by atoms with van der Waals surface area (Å²) in [5.74, 6) is 1.45. The lowest BCUT2D eigenvalue weighted by molar-refractivity contribution is -0.0599. The SMILES string of the molecule is CC(C)(O)CCC[C@@H](CCC(O)C(C)(C)O)C1CCC2[C@@H](O)CCC[C@]12C. The highest BCUT2D eigenvalue weighted by molar-refractivity contribution is 5.02. The van der Waals surface area contributed by atoms with Crippen LogP contribution in [0.5, 0.6) is 0 Å². The van der Waals surface area contributed by atoms with Crippen LogP contribution in [-0.2, 0) is 0 Å². The smallest absolute Gasteiger partial charge is 0.0849 e. The fraction of sp³-hybridized carbons (Fsp3) is 1.00. The average molecular weight is 385 g/mol. The molecule has 0 aromatic rings. The van der Waals surface area contributed by atoms with E-state index in [1.165, 1.54) is 6.42 Å². The van der Waals surface area contributed by atoms with E-state index in [-0.39, 0.29) is 11.5 Å². The van der Waals surface area contributed by atoms with Crippen molar-refractivity contribution in [2.24, 2.45) is 23.2 Å². The Kier molecular flexibility index (Phi) is 7.44. The number of rotatable bonds is 9. The predicted molar refractivity (Wildman–Crippen MR) is 109 cm³/mol. The van der Waals surface area contributed by atoms with Gasteiger partial charge in [0, 0.05) is 0 Å². The standard InChI is InChI=1S/C23H44O4/c1-21(2,26)14-6-8-16(10-13-20(25)22(3,4)27)17-11-12-18-19(24)9-7-15-23(17,18)5/h16-20,24-27H,6-15H2,1-5H3/t16-,17?,18?,19-,20?,23+/m0/s1. The van der Waals surface area contributed by atoms with Gasteiger partial charge in [0.05, 0.1) is 23.4 Å². The highest BCUT2D eigenvalue weighted by Gasteiger charge is 2.52. The van der Waals surface area contributed by atoms with E-state index < -0.39 is 17.3 Å². The predicted octanol–water partition coefficient (Wildman–Crippen LogP) is 4.03. The largest absolute Gasteiger partial charge is 0.393 e. The Balaban J connectivity index is 2.08. The second-order valence-electron chi connectivity index (χ2n) is 11.0. The van der Waals surface area contributed by atoms with E-state index in [0.29, 0.717) is 24.2 Å². The molecule has 160 valence electrons. The summed E-state index contributed by atoms with van der Waals surface area (Å²) in [6.07, 6.45) is 8.95. The van der Waals surface area contributed by atoms with Crippen LogP contribution < -0.4 is 0 Å². The number of hydrogen-bond donors (Lipinski definition) is 4. The zero-order chi connectivity index (χ0) is 20.5. The lowest BCUT2D eigenvalue weighted by Gasteiger charge is -2.46. The van der Waals surface area contributed by atoms with E-state index >= 15 is 0 Å². The molecular weight excluding hydrogens is 340 g/mol. The second kappa shape index (κ2) is 8.69. The number of hydrogen-bond acceptors (Lipinski definition) is 4. The zero-order valence-corrected chi connectivity index (χ0v) is 18.2. The van der Waals surface area contributed by atoms with E-state index in [1.54, 1.807) is 13.8 Å². The van der Waals surface area contributed by atoms with Gasteiger partial charge in [-0.2, -0.15) is 0 Å². The average Bonchev–Trinajstić information content (AvgIpc) is 2.86. The highest BCUT2D eigenvalue weighted by Crippen LogP contribution is 2.59. The molecule has 0 amide bonds. The molecule has 4 heteroatoms. The molecule has 0 spiro atoms. The van der Waals surface area contributed by atoms with Crippen molar-refractivity contribution in [3.63, 3.8) is 0 Å². The topological polar surface area (TPSA) is 80.9 Å². The normalized spacial score (nSPS) is 34.3. The van der Waals surface area contributed by atoms with Crippen molar-refractivity contribution in [2.75, 3.05) is 0 Å². The van der Waals surface area contributed by atoms with E-state index in [4.69, 9.17) is 0 Å². The molecule has 2 aliphatic carbocycles. The maximum Gasteiger partial charge on any atom is 0.0849 e. The van der Waals surface area contributed by atoms with Crippen molar-refractivity contribution in [2.45, 2.75) is 122 Å². The van der Waals surface area contributed by atoms with Gasteiger partial charge in [-0.15, -0.1) is 0 Å². The first-order valence-corrected chi connectivity index (χ1v) is 11.2. The lowest BCUT2D eigenvalue weighted by Crippen LogP contribution is -2.42. The fourth-order valence-corrected chi connectivity index (χ4v) is 6.03. The van der Waals surface area contributed by atoms with Crippen LogP contribution in [0.1, 0.15) is 98.8 Å². The van der Waals surface area contributed by atoms with Crippen molar-refractivity contribution >= 4 is 0 Å². The summed E-state index contributed by atoms with van der Waals surface area (Å²) in [5.41, 5.74) is -1.52. The van der Waals surface area contributed by atoms with Crippen LogP contribution in [-0.4, -0.2) is 43.8 Å². The van der Waals surface area contributed by atoms with Crippen molar-refractivity contribution in [3.05, 3.63) is 0 Å². The molecule has 0 aromatic heterocycles. The van der Waals surface area contributed by atoms with Gasteiger partial charge in [-0.25, -0.2) is 0 Å². The molecule has 27 heavy (non-hydrogen) atoms. The van der Waals surface area contributed by atoms with Crippen molar-refractivity contribution < 1.29 is 20.4 Å². The molecule has 2 aliphatic rings. The van der Waals surface area contributed by atoms with Gasteiger partial charge in [0.2, 0.25) is 0 Å². The second-order valence-corrected chi connectivity index (χ2v) is 11.0. The minimum absolute atomic E-state index is 0.159. The molecule has 0 radical (unpaired) electrons. The Morgan fingerprint density at radius 2 is 1.67 bits per heavy atom. The van der Waals surface area contributed by atoms with E-state index in [9.17, 15) is 20.4 Å². The minimum Gasteiger partial charge on any atom is -0.393 e. The molecule has 3 unspecified atom stereocenters. The summed E-state index contributed by atoms with van der Waals surface area (Å²) in [6.45, 7) is 9.46. The first-order chi connectivity index (χ1) is 12.3. The van der Waals surface area contributed by atoms with Gasteiger partial charge in [-0.3, -0.25) is 0 Å². The van der Waals surface area contributed by atoms with Gasteiger partial charge in [0.25, 0.3) is 0 Å². The van der Waals surface area contributed by atoms with Crippen LogP contribution in [0.3, 0.4) is 0 Å². The third-order valence-corrected chi connectivity index (χ3v) is 7.72. The number of fused-ring (bicyclic) bond motifs is 1. The van der Waals surface area contributed by atoms with Crippen LogP contribution in [0.2, 0.25) is 0 Å². The molecule has 4 N–H and O–H groups in total. The van der Waals surface area contributed by atoms with Crippen molar-refractivity contribution in [1.82, 2.24) is 0 Å². The third kappa shape index (κ3) is 5.91. The number of aliphatic hydroxyl groups excluding tert-OH is 2. The van der Waals surface area contributed by atoms with Crippen molar-refractivity contribution in [1.29, 1.82) is 0 Å². The third-order valence-electron chi connectivity index (χ3n) is 7.72. The molecule has 2 rings (SSSR count). The monoisotopic (exact) mass is 384 g/mol. The van der Waals surface area contributed by atoms with Crippen LogP contribution in [0.4, 0.5) is 0 Å². The summed E-state index contributed by atoms with van der Waals surface area (Å²) in [7, 11) is 0. The minimum atomic E-state index is -1.07. The molecule has 0 heterocycles. The Morgan fingerprint density at radius 3 is 2.26 bits per heavy atom. The summed E-state index contributed by atoms with van der Waals surface area (Å²) in [4.78, 5) is 0. The fourth-order valence-electron chi connectivity index (χ4n) is 6.03. The van der Waals surface area contributed by atoms with Gasteiger partial charge in [-0.1, -0.05) is 26.2 Å². The van der Waals surface area contributed by atoms with Gasteiger partial charge in [0.1, 0.15) is 0 Å². The zero-order valence-electron chi connectivity index (χ0n) is 18.2. The molecule has 2 fully saturated rings. The Morgan fingerprint density at radius 1 is 1.00 bits per heavy atom. The Labute approximate surface area is 166 Å². The van der Waals surface area contributed by atoms with Crippen molar-refractivity contribution in [3.8, 4) is 0 Å². The maximum atomic E-state index is 10.5.